The molecule has 0 radical (unpaired) electrons. The Balaban J connectivity index is 3.54. The van der Waals surface area contributed by atoms with Crippen LogP contribution >= 0.6 is 15.9 Å². The molecule has 0 saturated carbocycles. The van der Waals surface area contributed by atoms with Crippen LogP contribution in [0.2, 0.25) is 0 Å². The Kier molecular flexibility index (Phi) is 3.17. The van der Waals surface area contributed by atoms with Crippen molar-refractivity contribution in [2.75, 3.05) is 0 Å². The second-order valence-corrected chi connectivity index (χ2v) is 4.71. The third-order valence-electron chi connectivity index (χ3n) is 1.38. The number of nitrogens with zero attached hydrogens (tertiary/aromatic N) is 1. The van der Waals surface area contributed by atoms with Gasteiger partial charge in [0.05, 0.1) is 0 Å². The molecule has 0 aliphatic rings. The highest BCUT2D eigenvalue weighted by molar-refractivity contribution is 9.10. The molecule has 8 heteroatoms. The van der Waals surface area contributed by atoms with Gasteiger partial charge in [0.15, 0.2) is 0 Å². The monoisotopic (exact) mass is 286 g/mol. The molecule has 2 N–H and O–H groups in total. The van der Waals surface area contributed by atoms with Crippen molar-refractivity contribution in [2.45, 2.75) is 11.3 Å². The summed E-state index contributed by atoms with van der Waals surface area (Å²) in [6.45, 7) is 0. The number of hydrogen-bond acceptors (Lipinski definition) is 3. The standard InChI is InChI=1S/C6H5BrF2N2O2S/c7-3-1-2-11-4(6(8)9)5(3)14(10,12)13/h1-2,6H,(H2,10,12,13). The normalized spacial score (nSPS) is 12.1. The van der Waals surface area contributed by atoms with Gasteiger partial charge in [0.25, 0.3) is 6.43 Å². The van der Waals surface area contributed by atoms with Crippen LogP contribution < -0.4 is 5.14 Å². The van der Waals surface area contributed by atoms with Crippen molar-refractivity contribution >= 4 is 26.0 Å². The highest BCUT2D eigenvalue weighted by atomic mass is 79.9. The predicted octanol–water partition coefficient (Wildman–Crippen LogP) is 1.43. The van der Waals surface area contributed by atoms with Crippen LogP contribution in [0.3, 0.4) is 0 Å². The molecule has 0 spiro atoms. The van der Waals surface area contributed by atoms with E-state index in [1.807, 2.05) is 0 Å². The molecule has 4 nitrogen and oxygen atoms in total. The maximum Gasteiger partial charge on any atom is 0.281 e. The van der Waals surface area contributed by atoms with E-state index in [1.165, 1.54) is 6.07 Å². The number of rotatable bonds is 2. The molecule has 78 valence electrons. The lowest BCUT2D eigenvalue weighted by molar-refractivity contribution is 0.142. The van der Waals surface area contributed by atoms with Gasteiger partial charge in [-0.3, -0.25) is 4.98 Å². The number of alkyl halides is 2. The quantitative estimate of drug-likeness (QED) is 0.894. The molecule has 14 heavy (non-hydrogen) atoms. The van der Waals surface area contributed by atoms with Gasteiger partial charge in [-0.25, -0.2) is 22.3 Å². The van der Waals surface area contributed by atoms with Crippen LogP contribution in [-0.2, 0) is 10.0 Å². The first-order valence-electron chi connectivity index (χ1n) is 3.29. The smallest absolute Gasteiger partial charge is 0.254 e. The number of hydrogen-bond donors (Lipinski definition) is 1. The van der Waals surface area contributed by atoms with E-state index in [-0.39, 0.29) is 4.47 Å². The molecule has 0 aromatic carbocycles. The van der Waals surface area contributed by atoms with Gasteiger partial charge in [0.1, 0.15) is 10.6 Å². The van der Waals surface area contributed by atoms with Crippen LogP contribution in [0.4, 0.5) is 8.78 Å². The lowest BCUT2D eigenvalue weighted by Gasteiger charge is -2.06. The molecule has 0 fully saturated rings. The van der Waals surface area contributed by atoms with Crippen LogP contribution in [0, 0.1) is 0 Å². The van der Waals surface area contributed by atoms with Gasteiger partial charge in [0, 0.05) is 10.7 Å². The summed E-state index contributed by atoms with van der Waals surface area (Å²) >= 11 is 2.82. The Bertz CT molecular complexity index is 449. The van der Waals surface area contributed by atoms with E-state index in [2.05, 4.69) is 20.9 Å². The molecule has 0 bridgehead atoms. The molecule has 0 atom stereocenters. The first kappa shape index (κ1) is 11.5. The van der Waals surface area contributed by atoms with Crippen molar-refractivity contribution in [3.63, 3.8) is 0 Å². The Morgan fingerprint density at radius 3 is 2.43 bits per heavy atom. The number of aromatic nitrogens is 1. The fourth-order valence-electron chi connectivity index (χ4n) is 0.877. The van der Waals surface area contributed by atoms with Gasteiger partial charge < -0.3 is 0 Å². The molecular weight excluding hydrogens is 282 g/mol. The topological polar surface area (TPSA) is 73.1 Å². The lowest BCUT2D eigenvalue weighted by Crippen LogP contribution is -2.16. The van der Waals surface area contributed by atoms with E-state index >= 15 is 0 Å². The van der Waals surface area contributed by atoms with E-state index in [9.17, 15) is 17.2 Å². The third-order valence-corrected chi connectivity index (χ3v) is 3.30. The zero-order chi connectivity index (χ0) is 10.9. The molecule has 0 aliphatic carbocycles. The first-order chi connectivity index (χ1) is 6.34. The summed E-state index contributed by atoms with van der Waals surface area (Å²) in [5, 5.41) is 4.77. The van der Waals surface area contributed by atoms with Crippen LogP contribution in [0.1, 0.15) is 12.1 Å². The summed E-state index contributed by atoms with van der Waals surface area (Å²) in [6.07, 6.45) is -1.92. The second kappa shape index (κ2) is 3.87. The summed E-state index contributed by atoms with van der Waals surface area (Å²) in [5.74, 6) is 0. The number of nitrogens with two attached hydrogens (primary N) is 1. The Hall–Kier alpha value is -0.600. The van der Waals surface area contributed by atoms with Gasteiger partial charge in [-0.2, -0.15) is 0 Å². The van der Waals surface area contributed by atoms with Gasteiger partial charge in [-0.05, 0) is 22.0 Å². The molecule has 0 saturated heterocycles. The molecular formula is C6H5BrF2N2O2S. The molecule has 0 aliphatic heterocycles. The summed E-state index contributed by atoms with van der Waals surface area (Å²) in [4.78, 5) is 2.60. The van der Waals surface area contributed by atoms with Crippen LogP contribution in [0.15, 0.2) is 21.6 Å². The Labute approximate surface area is 87.3 Å². The number of sulfonamides is 1. The largest absolute Gasteiger partial charge is 0.281 e. The van der Waals surface area contributed by atoms with E-state index < -0.39 is 27.0 Å². The fourth-order valence-corrected chi connectivity index (χ4v) is 2.65. The van der Waals surface area contributed by atoms with Crippen molar-refractivity contribution < 1.29 is 17.2 Å². The average Bonchev–Trinajstić information content (AvgIpc) is 2.01. The van der Waals surface area contributed by atoms with Gasteiger partial charge >= 0.3 is 0 Å². The summed E-state index contributed by atoms with van der Waals surface area (Å²) < 4.78 is 46.6. The Morgan fingerprint density at radius 2 is 2.07 bits per heavy atom. The van der Waals surface area contributed by atoms with Crippen LogP contribution in [0.5, 0.6) is 0 Å². The van der Waals surface area contributed by atoms with Crippen molar-refractivity contribution in [3.05, 3.63) is 22.4 Å². The van der Waals surface area contributed by atoms with Gasteiger partial charge in [-0.1, -0.05) is 0 Å². The maximum absolute atomic E-state index is 12.3. The van der Waals surface area contributed by atoms with E-state index in [0.29, 0.717) is 0 Å². The number of halogens is 3. The molecule has 0 amide bonds. The molecule has 0 unspecified atom stereocenters. The summed E-state index contributed by atoms with van der Waals surface area (Å²) in [7, 11) is -4.20. The number of primary sulfonamides is 1. The lowest BCUT2D eigenvalue weighted by atomic mass is 10.3. The SMILES string of the molecule is NS(=O)(=O)c1c(Br)ccnc1C(F)F. The summed E-state index contributed by atoms with van der Waals surface area (Å²) in [5.41, 5.74) is -0.845. The Morgan fingerprint density at radius 1 is 1.50 bits per heavy atom. The minimum absolute atomic E-state index is 0.0229. The van der Waals surface area contributed by atoms with Crippen molar-refractivity contribution in [2.24, 2.45) is 5.14 Å². The van der Waals surface area contributed by atoms with Crippen molar-refractivity contribution in [1.29, 1.82) is 0 Å². The maximum atomic E-state index is 12.3. The van der Waals surface area contributed by atoms with Gasteiger partial charge in [-0.15, -0.1) is 0 Å². The predicted molar refractivity (Wildman–Crippen MR) is 48.3 cm³/mol. The highest BCUT2D eigenvalue weighted by Crippen LogP contribution is 2.29. The molecule has 1 aromatic rings. The van der Waals surface area contributed by atoms with Gasteiger partial charge in [0.2, 0.25) is 10.0 Å². The zero-order valence-corrected chi connectivity index (χ0v) is 9.02. The first-order valence-corrected chi connectivity index (χ1v) is 5.63. The fraction of sp³-hybridized carbons (Fsp3) is 0.167. The van der Waals surface area contributed by atoms with Crippen molar-refractivity contribution in [1.82, 2.24) is 4.98 Å². The summed E-state index contributed by atoms with van der Waals surface area (Å²) in [6, 6.07) is 1.23. The van der Waals surface area contributed by atoms with E-state index in [0.717, 1.165) is 6.20 Å². The zero-order valence-electron chi connectivity index (χ0n) is 6.62. The van der Waals surface area contributed by atoms with Crippen LogP contribution in [-0.4, -0.2) is 13.4 Å². The van der Waals surface area contributed by atoms with E-state index in [1.54, 1.807) is 0 Å². The molecule has 1 heterocycles. The molecule has 1 rings (SSSR count). The average molecular weight is 287 g/mol. The number of pyridine rings is 1. The second-order valence-electron chi connectivity index (χ2n) is 2.35. The minimum atomic E-state index is -4.20. The van der Waals surface area contributed by atoms with Crippen molar-refractivity contribution in [3.8, 4) is 0 Å². The minimum Gasteiger partial charge on any atom is -0.254 e. The third kappa shape index (κ3) is 2.25. The van der Waals surface area contributed by atoms with Crippen LogP contribution in [0.25, 0.3) is 0 Å². The molecule has 1 aromatic heterocycles. The highest BCUT2D eigenvalue weighted by Gasteiger charge is 2.24. The van der Waals surface area contributed by atoms with E-state index in [4.69, 9.17) is 5.14 Å².